The lowest BCUT2D eigenvalue weighted by Gasteiger charge is -2.37. The molecule has 0 saturated carbocycles. The minimum Gasteiger partial charge on any atom is -0.343 e. The van der Waals surface area contributed by atoms with Crippen LogP contribution in [0.2, 0.25) is 0 Å². The number of rotatable bonds is 3. The zero-order valence-corrected chi connectivity index (χ0v) is 14.1. The van der Waals surface area contributed by atoms with Gasteiger partial charge in [0.2, 0.25) is 21.8 Å². The number of amides is 2. The van der Waals surface area contributed by atoms with Crippen molar-refractivity contribution in [1.29, 1.82) is 0 Å². The summed E-state index contributed by atoms with van der Waals surface area (Å²) < 4.78 is 25.1. The number of hydrogen-bond acceptors (Lipinski definition) is 4. The van der Waals surface area contributed by atoms with Gasteiger partial charge in [-0.1, -0.05) is 0 Å². The number of likely N-dealkylation sites (tertiary alicyclic amines) is 1. The molecule has 2 heterocycles. The number of piperazine rings is 1. The molecule has 0 unspecified atom stereocenters. The zero-order valence-electron chi connectivity index (χ0n) is 13.3. The molecule has 0 bridgehead atoms. The van der Waals surface area contributed by atoms with E-state index in [4.69, 9.17) is 0 Å². The summed E-state index contributed by atoms with van der Waals surface area (Å²) in [5.41, 5.74) is 0. The summed E-state index contributed by atoms with van der Waals surface area (Å²) >= 11 is 0. The molecule has 126 valence electrons. The molecule has 0 aromatic carbocycles. The Morgan fingerprint density at radius 3 is 1.95 bits per heavy atom. The summed E-state index contributed by atoms with van der Waals surface area (Å²) in [4.78, 5) is 27.4. The summed E-state index contributed by atoms with van der Waals surface area (Å²) in [7, 11) is -3.16. The van der Waals surface area contributed by atoms with Crippen LogP contribution in [0.4, 0.5) is 0 Å². The van der Waals surface area contributed by atoms with Gasteiger partial charge in [0.05, 0.1) is 5.75 Å². The first kappa shape index (κ1) is 17.2. The van der Waals surface area contributed by atoms with Crippen molar-refractivity contribution in [1.82, 2.24) is 14.1 Å². The van der Waals surface area contributed by atoms with Gasteiger partial charge in [0, 0.05) is 52.1 Å². The predicted molar refractivity (Wildman–Crippen MR) is 82.6 cm³/mol. The van der Waals surface area contributed by atoms with E-state index in [0.717, 1.165) is 0 Å². The van der Waals surface area contributed by atoms with E-state index in [0.29, 0.717) is 52.1 Å². The number of nitrogens with zero attached hydrogens (tertiary/aromatic N) is 3. The maximum Gasteiger partial charge on any atom is 0.225 e. The van der Waals surface area contributed by atoms with Gasteiger partial charge in [-0.25, -0.2) is 8.42 Å². The van der Waals surface area contributed by atoms with Gasteiger partial charge in [0.25, 0.3) is 0 Å². The molecular formula is C14H25N3O4S. The van der Waals surface area contributed by atoms with Gasteiger partial charge in [-0.15, -0.1) is 0 Å². The lowest BCUT2D eigenvalue weighted by molar-refractivity contribution is -0.141. The molecule has 8 heteroatoms. The van der Waals surface area contributed by atoms with Crippen molar-refractivity contribution in [2.75, 3.05) is 45.0 Å². The molecular weight excluding hydrogens is 306 g/mol. The fourth-order valence-electron chi connectivity index (χ4n) is 3.07. The van der Waals surface area contributed by atoms with Crippen LogP contribution in [0, 0.1) is 5.92 Å². The maximum absolute atomic E-state index is 12.5. The monoisotopic (exact) mass is 331 g/mol. The van der Waals surface area contributed by atoms with Crippen LogP contribution in [0.1, 0.15) is 26.7 Å². The summed E-state index contributed by atoms with van der Waals surface area (Å²) in [6.07, 6.45) is 1.40. The second-order valence-corrected chi connectivity index (χ2v) is 8.16. The lowest BCUT2D eigenvalue weighted by Crippen LogP contribution is -2.53. The molecule has 0 aromatic heterocycles. The van der Waals surface area contributed by atoms with Crippen molar-refractivity contribution in [3.05, 3.63) is 0 Å². The number of carbonyl (C=O) groups excluding carboxylic acids is 2. The molecule has 0 N–H and O–H groups in total. The van der Waals surface area contributed by atoms with Crippen LogP contribution in [-0.4, -0.2) is 79.4 Å². The molecule has 2 aliphatic heterocycles. The summed E-state index contributed by atoms with van der Waals surface area (Å²) in [6.45, 7) is 6.15. The Morgan fingerprint density at radius 1 is 0.955 bits per heavy atom. The zero-order chi connectivity index (χ0) is 16.3. The standard InChI is InChI=1S/C14H25N3O4S/c1-3-22(20,21)17-10-8-16(9-11-17)14(19)13-4-6-15(7-5-13)12(2)18/h13H,3-11H2,1-2H3. The van der Waals surface area contributed by atoms with Crippen molar-refractivity contribution < 1.29 is 18.0 Å². The van der Waals surface area contributed by atoms with Crippen LogP contribution < -0.4 is 0 Å². The largest absolute Gasteiger partial charge is 0.343 e. The second-order valence-electron chi connectivity index (χ2n) is 5.91. The average Bonchev–Trinajstić information content (AvgIpc) is 2.54. The van der Waals surface area contributed by atoms with Crippen molar-refractivity contribution >= 4 is 21.8 Å². The summed E-state index contributed by atoms with van der Waals surface area (Å²) in [5.74, 6) is 0.232. The van der Waals surface area contributed by atoms with Crippen molar-refractivity contribution in [3.63, 3.8) is 0 Å². The van der Waals surface area contributed by atoms with E-state index < -0.39 is 10.0 Å². The van der Waals surface area contributed by atoms with Gasteiger partial charge in [-0.3, -0.25) is 9.59 Å². The SMILES string of the molecule is CCS(=O)(=O)N1CCN(C(=O)C2CCN(C(C)=O)CC2)CC1. The van der Waals surface area contributed by atoms with E-state index >= 15 is 0 Å². The quantitative estimate of drug-likeness (QED) is 0.714. The molecule has 7 nitrogen and oxygen atoms in total. The van der Waals surface area contributed by atoms with Crippen LogP contribution >= 0.6 is 0 Å². The Labute approximate surface area is 132 Å². The van der Waals surface area contributed by atoms with Crippen molar-refractivity contribution in [2.45, 2.75) is 26.7 Å². The van der Waals surface area contributed by atoms with E-state index in [2.05, 4.69) is 0 Å². The molecule has 0 spiro atoms. The molecule has 0 aliphatic carbocycles. The fourth-order valence-corrected chi connectivity index (χ4v) is 4.15. The molecule has 2 aliphatic rings. The third-order valence-corrected chi connectivity index (χ3v) is 6.48. The number of piperidine rings is 1. The van der Waals surface area contributed by atoms with Crippen LogP contribution in [-0.2, 0) is 19.6 Å². The Balaban J connectivity index is 1.85. The normalized spacial score (nSPS) is 21.9. The number of carbonyl (C=O) groups is 2. The van der Waals surface area contributed by atoms with E-state index in [9.17, 15) is 18.0 Å². The Kier molecular flexibility index (Phi) is 5.44. The van der Waals surface area contributed by atoms with Crippen LogP contribution in [0.3, 0.4) is 0 Å². The maximum atomic E-state index is 12.5. The lowest BCUT2D eigenvalue weighted by atomic mass is 9.95. The predicted octanol–water partition coefficient (Wildman–Crippen LogP) is -0.261. The topological polar surface area (TPSA) is 78.0 Å². The van der Waals surface area contributed by atoms with Gasteiger partial charge in [-0.05, 0) is 19.8 Å². The highest BCUT2D eigenvalue weighted by Crippen LogP contribution is 2.21. The van der Waals surface area contributed by atoms with Crippen molar-refractivity contribution in [3.8, 4) is 0 Å². The van der Waals surface area contributed by atoms with Gasteiger partial charge < -0.3 is 9.80 Å². The second kappa shape index (κ2) is 6.95. The molecule has 2 rings (SSSR count). The molecule has 0 atom stereocenters. The summed E-state index contributed by atoms with van der Waals surface area (Å²) in [6, 6.07) is 0. The molecule has 22 heavy (non-hydrogen) atoms. The Morgan fingerprint density at radius 2 is 1.50 bits per heavy atom. The molecule has 2 fully saturated rings. The first-order valence-electron chi connectivity index (χ1n) is 7.87. The minimum absolute atomic E-state index is 0.0371. The molecule has 0 radical (unpaired) electrons. The van der Waals surface area contributed by atoms with Crippen molar-refractivity contribution in [2.24, 2.45) is 5.92 Å². The highest BCUT2D eigenvalue weighted by molar-refractivity contribution is 7.89. The first-order valence-corrected chi connectivity index (χ1v) is 9.48. The Hall–Kier alpha value is -1.15. The third kappa shape index (κ3) is 3.78. The van der Waals surface area contributed by atoms with Gasteiger partial charge in [0.15, 0.2) is 0 Å². The number of hydrogen-bond donors (Lipinski definition) is 0. The molecule has 2 amide bonds. The highest BCUT2D eigenvalue weighted by Gasteiger charge is 2.32. The summed E-state index contributed by atoms with van der Waals surface area (Å²) in [5, 5.41) is 0. The first-order chi connectivity index (χ1) is 10.3. The van der Waals surface area contributed by atoms with E-state index in [-0.39, 0.29) is 23.5 Å². The minimum atomic E-state index is -3.16. The van der Waals surface area contributed by atoms with Gasteiger partial charge >= 0.3 is 0 Å². The van der Waals surface area contributed by atoms with E-state index in [1.54, 1.807) is 23.6 Å². The van der Waals surface area contributed by atoms with Crippen LogP contribution in [0.15, 0.2) is 0 Å². The highest BCUT2D eigenvalue weighted by atomic mass is 32.2. The van der Waals surface area contributed by atoms with E-state index in [1.807, 2.05) is 0 Å². The average molecular weight is 331 g/mol. The van der Waals surface area contributed by atoms with E-state index in [1.165, 1.54) is 4.31 Å². The molecule has 2 saturated heterocycles. The molecule has 0 aromatic rings. The third-order valence-electron chi connectivity index (χ3n) is 4.60. The smallest absolute Gasteiger partial charge is 0.225 e. The van der Waals surface area contributed by atoms with Crippen LogP contribution in [0.25, 0.3) is 0 Å². The van der Waals surface area contributed by atoms with Gasteiger partial charge in [-0.2, -0.15) is 4.31 Å². The Bertz CT molecular complexity index is 518. The fraction of sp³-hybridized carbons (Fsp3) is 0.857. The van der Waals surface area contributed by atoms with Gasteiger partial charge in [0.1, 0.15) is 0 Å². The van der Waals surface area contributed by atoms with Crippen LogP contribution in [0.5, 0.6) is 0 Å². The number of sulfonamides is 1.